The predicted octanol–water partition coefficient (Wildman–Crippen LogP) is 6.68. The molecule has 1 saturated heterocycles. The summed E-state index contributed by atoms with van der Waals surface area (Å²) in [6.45, 7) is 18.2. The molecule has 1 aliphatic carbocycles. The number of aryl methyl sites for hydroxylation is 1. The van der Waals surface area contributed by atoms with Crippen LogP contribution in [0.4, 0.5) is 10.5 Å². The molecule has 0 spiro atoms. The Morgan fingerprint density at radius 1 is 1.00 bits per heavy atom. The highest BCUT2D eigenvalue weighted by Gasteiger charge is 2.42. The summed E-state index contributed by atoms with van der Waals surface area (Å²) in [7, 11) is 3.42. The first-order chi connectivity index (χ1) is 20.7. The molecular weight excluding hydrogens is 560 g/mol. The number of anilines is 1. The number of hydrogen-bond donors (Lipinski definition) is 0. The van der Waals surface area contributed by atoms with Crippen LogP contribution in [-0.4, -0.2) is 81.5 Å². The van der Waals surface area contributed by atoms with E-state index in [1.165, 1.54) is 18.2 Å². The van der Waals surface area contributed by atoms with Crippen molar-refractivity contribution in [2.45, 2.75) is 99.1 Å². The molecule has 0 N–H and O–H groups in total. The summed E-state index contributed by atoms with van der Waals surface area (Å²) >= 11 is 0. The number of rotatable bonds is 13. The molecule has 9 nitrogen and oxygen atoms in total. The highest BCUT2D eigenvalue weighted by Crippen LogP contribution is 2.37. The summed E-state index contributed by atoms with van der Waals surface area (Å²) in [5.74, 6) is 1.34. The third-order valence-corrected chi connectivity index (χ3v) is 7.70. The van der Waals surface area contributed by atoms with Gasteiger partial charge in [0.05, 0.1) is 12.5 Å². The second-order valence-corrected chi connectivity index (χ2v) is 13.9. The molecule has 1 heterocycles. The average molecular weight is 619 g/mol. The Hall–Kier alpha value is -2.65. The number of carbonyl (C=O) groups excluding carboxylic acids is 3. The number of ketones is 1. The van der Waals surface area contributed by atoms with E-state index in [1.807, 2.05) is 30.0 Å². The first-order valence-corrected chi connectivity index (χ1v) is 16.2. The van der Waals surface area contributed by atoms with Crippen LogP contribution in [0.15, 0.2) is 18.2 Å². The summed E-state index contributed by atoms with van der Waals surface area (Å²) < 4.78 is 21.6. The van der Waals surface area contributed by atoms with Crippen molar-refractivity contribution < 1.29 is 33.3 Å². The molecule has 2 amide bonds. The van der Waals surface area contributed by atoms with Gasteiger partial charge in [-0.3, -0.25) is 9.59 Å². The van der Waals surface area contributed by atoms with E-state index in [9.17, 15) is 14.4 Å². The number of amides is 2. The maximum atomic E-state index is 13.9. The van der Waals surface area contributed by atoms with Crippen molar-refractivity contribution in [2.75, 3.05) is 52.0 Å². The smallest absolute Gasteiger partial charge is 0.410 e. The number of carbonyl (C=O) groups is 3. The number of ether oxygens (including phenoxy) is 4. The van der Waals surface area contributed by atoms with Crippen LogP contribution < -0.4 is 9.64 Å². The van der Waals surface area contributed by atoms with Crippen LogP contribution in [0.25, 0.3) is 0 Å². The summed E-state index contributed by atoms with van der Waals surface area (Å²) in [5.41, 5.74) is 1.14. The minimum Gasteiger partial charge on any atom is -0.493 e. The zero-order valence-electron chi connectivity index (χ0n) is 28.9. The van der Waals surface area contributed by atoms with Crippen molar-refractivity contribution in [3.8, 4) is 5.75 Å². The lowest BCUT2D eigenvalue weighted by atomic mass is 9.86. The molecule has 44 heavy (non-hydrogen) atoms. The lowest BCUT2D eigenvalue weighted by molar-refractivity contribution is -0.128. The number of methoxy groups -OCH3 is 2. The van der Waals surface area contributed by atoms with E-state index in [0.717, 1.165) is 54.7 Å². The summed E-state index contributed by atoms with van der Waals surface area (Å²) in [6.07, 6.45) is 3.86. The molecule has 1 aliphatic heterocycles. The third-order valence-electron chi connectivity index (χ3n) is 7.70. The average Bonchev–Trinajstić information content (AvgIpc) is 3.76. The van der Waals surface area contributed by atoms with Gasteiger partial charge in [-0.25, -0.2) is 4.79 Å². The second-order valence-electron chi connectivity index (χ2n) is 13.9. The lowest BCUT2D eigenvalue weighted by Gasteiger charge is -2.38. The van der Waals surface area contributed by atoms with E-state index < -0.39 is 17.6 Å². The van der Waals surface area contributed by atoms with Gasteiger partial charge in [0.15, 0.2) is 0 Å². The number of Topliss-reactive ketones (excluding diaryl/α,β-unsaturated/α-hetero) is 1. The van der Waals surface area contributed by atoms with Gasteiger partial charge in [0.25, 0.3) is 0 Å². The fourth-order valence-corrected chi connectivity index (χ4v) is 5.53. The standard InChI is InChI=1S/C27H40N2O6.C8H18O/c1-18-8-9-23(15-24(18)34-13-7-12-33-6)29(22-10-11-22)25(31)21-14-20(19(2)30)16-28(17-21)26(32)35-27(3,4)5;1-7(2)5-8(3)6-9-4/h8-9,15,20-22H,7,10-14,16-17H2,1-6H3;7-8H,5-6H2,1-4H3. The molecule has 1 saturated carbocycles. The topological polar surface area (TPSA) is 94.6 Å². The molecule has 0 bridgehead atoms. The van der Waals surface area contributed by atoms with Gasteiger partial charge in [0, 0.05) is 70.7 Å². The van der Waals surface area contributed by atoms with E-state index in [0.29, 0.717) is 19.6 Å². The summed E-state index contributed by atoms with van der Waals surface area (Å²) in [5, 5.41) is 0. The van der Waals surface area contributed by atoms with E-state index in [-0.39, 0.29) is 36.7 Å². The quantitative estimate of drug-likeness (QED) is 0.228. The van der Waals surface area contributed by atoms with Crippen LogP contribution in [-0.2, 0) is 23.8 Å². The van der Waals surface area contributed by atoms with Crippen LogP contribution in [0.3, 0.4) is 0 Å². The first kappa shape index (κ1) is 37.5. The minimum atomic E-state index is -0.651. The van der Waals surface area contributed by atoms with E-state index in [2.05, 4.69) is 20.8 Å². The first-order valence-electron chi connectivity index (χ1n) is 16.2. The van der Waals surface area contributed by atoms with Crippen LogP contribution >= 0.6 is 0 Å². The fourth-order valence-electron chi connectivity index (χ4n) is 5.53. The van der Waals surface area contributed by atoms with Crippen LogP contribution in [0, 0.1) is 30.6 Å². The fraction of sp³-hybridized carbons (Fsp3) is 0.743. The zero-order chi connectivity index (χ0) is 33.0. The zero-order valence-corrected chi connectivity index (χ0v) is 28.9. The van der Waals surface area contributed by atoms with Gasteiger partial charge in [-0.05, 0) is 83.8 Å². The van der Waals surface area contributed by atoms with Gasteiger partial charge in [-0.2, -0.15) is 0 Å². The number of benzene rings is 1. The molecule has 2 fully saturated rings. The minimum absolute atomic E-state index is 0.0175. The molecule has 0 radical (unpaired) electrons. The van der Waals surface area contributed by atoms with Crippen molar-refractivity contribution in [2.24, 2.45) is 23.7 Å². The highest BCUT2D eigenvalue weighted by molar-refractivity contribution is 5.97. The van der Waals surface area contributed by atoms with Crippen molar-refractivity contribution >= 4 is 23.5 Å². The molecule has 3 unspecified atom stereocenters. The molecule has 250 valence electrons. The van der Waals surface area contributed by atoms with Crippen molar-refractivity contribution in [1.29, 1.82) is 0 Å². The Balaban J connectivity index is 0.000000651. The van der Waals surface area contributed by atoms with E-state index in [4.69, 9.17) is 18.9 Å². The molecule has 1 aromatic rings. The number of nitrogens with zero attached hydrogens (tertiary/aromatic N) is 2. The van der Waals surface area contributed by atoms with Gasteiger partial charge in [-0.15, -0.1) is 0 Å². The van der Waals surface area contributed by atoms with Crippen LogP contribution in [0.5, 0.6) is 5.75 Å². The Labute approximate surface area is 265 Å². The number of hydrogen-bond acceptors (Lipinski definition) is 7. The van der Waals surface area contributed by atoms with Crippen molar-refractivity contribution in [3.05, 3.63) is 23.8 Å². The van der Waals surface area contributed by atoms with Gasteiger partial charge < -0.3 is 28.7 Å². The Morgan fingerprint density at radius 2 is 1.66 bits per heavy atom. The number of likely N-dealkylation sites (tertiary alicyclic amines) is 1. The highest BCUT2D eigenvalue weighted by atomic mass is 16.6. The lowest BCUT2D eigenvalue weighted by Crippen LogP contribution is -2.52. The van der Waals surface area contributed by atoms with Crippen molar-refractivity contribution in [1.82, 2.24) is 4.90 Å². The Morgan fingerprint density at radius 3 is 2.20 bits per heavy atom. The number of piperidine rings is 1. The molecule has 0 aromatic heterocycles. The Kier molecular flexibility index (Phi) is 15.1. The predicted molar refractivity (Wildman–Crippen MR) is 174 cm³/mol. The Bertz CT molecular complexity index is 1060. The second kappa shape index (κ2) is 17.7. The molecule has 9 heteroatoms. The van der Waals surface area contributed by atoms with Crippen molar-refractivity contribution in [3.63, 3.8) is 0 Å². The molecule has 3 rings (SSSR count). The van der Waals surface area contributed by atoms with Gasteiger partial charge in [-0.1, -0.05) is 26.8 Å². The van der Waals surface area contributed by atoms with Gasteiger partial charge in [0.1, 0.15) is 17.1 Å². The monoisotopic (exact) mass is 618 g/mol. The maximum Gasteiger partial charge on any atom is 0.410 e. The SMILES string of the molecule is COCC(C)CC(C)C.COCCCOc1cc(N(C(=O)C2CC(C(C)=O)CN(C(=O)OC(C)(C)C)C2)C2CC2)ccc1C. The molecule has 2 aliphatic rings. The van der Waals surface area contributed by atoms with Gasteiger partial charge >= 0.3 is 6.09 Å². The molecule has 3 atom stereocenters. The van der Waals surface area contributed by atoms with E-state index in [1.54, 1.807) is 35.0 Å². The normalized spacial score (nSPS) is 19.1. The van der Waals surface area contributed by atoms with Crippen LogP contribution in [0.2, 0.25) is 0 Å². The third kappa shape index (κ3) is 12.8. The summed E-state index contributed by atoms with van der Waals surface area (Å²) in [4.78, 5) is 42.4. The van der Waals surface area contributed by atoms with Crippen LogP contribution in [0.1, 0.15) is 86.1 Å². The maximum absolute atomic E-state index is 13.9. The summed E-state index contributed by atoms with van der Waals surface area (Å²) in [6, 6.07) is 5.97. The molecular formula is C35H58N2O7. The van der Waals surface area contributed by atoms with E-state index >= 15 is 0 Å². The largest absolute Gasteiger partial charge is 0.493 e. The van der Waals surface area contributed by atoms with Gasteiger partial charge in [0.2, 0.25) is 5.91 Å². The molecule has 1 aromatic carbocycles.